The first kappa shape index (κ1) is 8.61. The molecule has 6 heteroatoms. The van der Waals surface area contributed by atoms with E-state index in [2.05, 4.69) is 25.9 Å². The van der Waals surface area contributed by atoms with Crippen LogP contribution in [0.15, 0.2) is 24.3 Å². The van der Waals surface area contributed by atoms with Gasteiger partial charge in [0.15, 0.2) is 5.82 Å². The molecule has 2 aromatic rings. The van der Waals surface area contributed by atoms with Crippen LogP contribution in [0.1, 0.15) is 5.82 Å². The van der Waals surface area contributed by atoms with E-state index in [0.29, 0.717) is 18.1 Å². The molecule has 0 saturated carbocycles. The second-order valence-electron chi connectivity index (χ2n) is 2.69. The predicted octanol–water partition coefficient (Wildman–Crippen LogP) is 0.951. The average molecular weight is 193 g/mol. The molecule has 0 aliphatic heterocycles. The first-order valence-electron chi connectivity index (χ1n) is 4.06. The molecule has 0 saturated heterocycles. The predicted molar refractivity (Wildman–Crippen MR) is 47.9 cm³/mol. The maximum Gasteiger partial charge on any atom is 0.193 e. The molecular formula is C8H8FN5. The fourth-order valence-electron chi connectivity index (χ4n) is 1.04. The number of nitrogens with one attached hydrogen (secondary N) is 2. The Morgan fingerprint density at radius 1 is 1.43 bits per heavy atom. The number of H-pyrrole nitrogens is 1. The first-order chi connectivity index (χ1) is 6.84. The van der Waals surface area contributed by atoms with E-state index in [1.165, 1.54) is 12.1 Å². The summed E-state index contributed by atoms with van der Waals surface area (Å²) in [7, 11) is 0. The Hall–Kier alpha value is -1.98. The quantitative estimate of drug-likeness (QED) is 0.761. The number of hydrogen-bond donors (Lipinski definition) is 2. The van der Waals surface area contributed by atoms with Gasteiger partial charge in [0.05, 0.1) is 6.54 Å². The molecule has 2 N–H and O–H groups in total. The molecule has 0 spiro atoms. The Morgan fingerprint density at radius 2 is 2.36 bits per heavy atom. The Bertz CT molecular complexity index is 400. The van der Waals surface area contributed by atoms with Crippen LogP contribution in [0.2, 0.25) is 0 Å². The van der Waals surface area contributed by atoms with Gasteiger partial charge in [0.1, 0.15) is 5.82 Å². The summed E-state index contributed by atoms with van der Waals surface area (Å²) in [6.45, 7) is 0.417. The number of anilines is 1. The second kappa shape index (κ2) is 3.82. The van der Waals surface area contributed by atoms with Crippen LogP contribution in [0.25, 0.3) is 0 Å². The molecule has 1 aromatic heterocycles. The van der Waals surface area contributed by atoms with E-state index in [1.54, 1.807) is 12.1 Å². The highest BCUT2D eigenvalue weighted by molar-refractivity contribution is 5.42. The van der Waals surface area contributed by atoms with Crippen LogP contribution in [-0.2, 0) is 6.54 Å². The largest absolute Gasteiger partial charge is 0.378 e. The van der Waals surface area contributed by atoms with E-state index >= 15 is 0 Å². The molecule has 0 unspecified atom stereocenters. The summed E-state index contributed by atoms with van der Waals surface area (Å²) in [6.07, 6.45) is 0. The van der Waals surface area contributed by atoms with Gasteiger partial charge in [0.25, 0.3) is 0 Å². The zero-order chi connectivity index (χ0) is 9.80. The van der Waals surface area contributed by atoms with Gasteiger partial charge in [0, 0.05) is 5.69 Å². The van der Waals surface area contributed by atoms with Crippen molar-refractivity contribution in [3.8, 4) is 0 Å². The molecule has 0 bridgehead atoms. The summed E-state index contributed by atoms with van der Waals surface area (Å²) >= 11 is 0. The van der Waals surface area contributed by atoms with Crippen LogP contribution < -0.4 is 5.32 Å². The highest BCUT2D eigenvalue weighted by Crippen LogP contribution is 2.09. The van der Waals surface area contributed by atoms with Gasteiger partial charge in [-0.1, -0.05) is 11.3 Å². The van der Waals surface area contributed by atoms with Crippen LogP contribution in [0, 0.1) is 5.82 Å². The summed E-state index contributed by atoms with van der Waals surface area (Å²) in [5.41, 5.74) is 0.690. The molecule has 2 rings (SSSR count). The van der Waals surface area contributed by atoms with Crippen LogP contribution >= 0.6 is 0 Å². The summed E-state index contributed by atoms with van der Waals surface area (Å²) in [5, 5.41) is 16.2. The minimum Gasteiger partial charge on any atom is -0.378 e. The lowest BCUT2D eigenvalue weighted by molar-refractivity contribution is 0.628. The summed E-state index contributed by atoms with van der Waals surface area (Å²) in [6, 6.07) is 6.19. The maximum atomic E-state index is 12.7. The summed E-state index contributed by atoms with van der Waals surface area (Å²) in [5.74, 6) is 0.261. The van der Waals surface area contributed by atoms with E-state index in [9.17, 15) is 4.39 Å². The Labute approximate surface area is 79.3 Å². The van der Waals surface area contributed by atoms with Gasteiger partial charge in [-0.3, -0.25) is 0 Å². The highest BCUT2D eigenvalue weighted by atomic mass is 19.1. The molecule has 14 heavy (non-hydrogen) atoms. The van der Waals surface area contributed by atoms with Gasteiger partial charge in [-0.15, -0.1) is 10.2 Å². The molecule has 0 fully saturated rings. The van der Waals surface area contributed by atoms with Crippen LogP contribution in [0.3, 0.4) is 0 Å². The Balaban J connectivity index is 1.98. The maximum absolute atomic E-state index is 12.7. The molecule has 1 heterocycles. The van der Waals surface area contributed by atoms with E-state index in [1.807, 2.05) is 0 Å². The molecule has 0 aliphatic carbocycles. The molecule has 0 amide bonds. The van der Waals surface area contributed by atoms with E-state index in [4.69, 9.17) is 0 Å². The standard InChI is InChI=1S/C8H8FN5/c9-6-2-1-3-7(4-6)10-5-8-11-13-14-12-8/h1-4,10H,5H2,(H,11,12,13,14). The Kier molecular flexibility index (Phi) is 2.35. The molecule has 1 aromatic carbocycles. The lowest BCUT2D eigenvalue weighted by atomic mass is 10.3. The zero-order valence-corrected chi connectivity index (χ0v) is 7.24. The van der Waals surface area contributed by atoms with E-state index in [-0.39, 0.29) is 5.82 Å². The van der Waals surface area contributed by atoms with Crippen molar-refractivity contribution < 1.29 is 4.39 Å². The first-order valence-corrected chi connectivity index (χ1v) is 4.06. The molecule has 5 nitrogen and oxygen atoms in total. The highest BCUT2D eigenvalue weighted by Gasteiger charge is 1.98. The number of halogens is 1. The van der Waals surface area contributed by atoms with E-state index in [0.717, 1.165) is 0 Å². The number of hydrogen-bond acceptors (Lipinski definition) is 4. The van der Waals surface area contributed by atoms with Gasteiger partial charge in [-0.2, -0.15) is 5.21 Å². The normalized spacial score (nSPS) is 10.1. The van der Waals surface area contributed by atoms with Gasteiger partial charge in [0.2, 0.25) is 0 Å². The average Bonchev–Trinajstić information content (AvgIpc) is 2.67. The number of nitrogens with zero attached hydrogens (tertiary/aromatic N) is 3. The zero-order valence-electron chi connectivity index (χ0n) is 7.24. The van der Waals surface area contributed by atoms with Crippen molar-refractivity contribution in [1.82, 2.24) is 20.6 Å². The minimum atomic E-state index is -0.275. The van der Waals surface area contributed by atoms with Crippen molar-refractivity contribution in [3.63, 3.8) is 0 Å². The SMILES string of the molecule is Fc1cccc(NCc2nn[nH]n2)c1. The fraction of sp³-hybridized carbons (Fsp3) is 0.125. The number of tetrazole rings is 1. The smallest absolute Gasteiger partial charge is 0.193 e. The second-order valence-corrected chi connectivity index (χ2v) is 2.69. The molecule has 72 valence electrons. The van der Waals surface area contributed by atoms with Crippen molar-refractivity contribution in [2.75, 3.05) is 5.32 Å². The fourth-order valence-corrected chi connectivity index (χ4v) is 1.04. The van der Waals surface area contributed by atoms with Crippen molar-refractivity contribution in [1.29, 1.82) is 0 Å². The molecule has 0 aliphatic rings. The third kappa shape index (κ3) is 2.03. The van der Waals surface area contributed by atoms with Gasteiger partial charge >= 0.3 is 0 Å². The minimum absolute atomic E-state index is 0.275. The number of aromatic amines is 1. The van der Waals surface area contributed by atoms with Crippen molar-refractivity contribution in [2.24, 2.45) is 0 Å². The third-order valence-corrected chi connectivity index (χ3v) is 1.66. The topological polar surface area (TPSA) is 66.5 Å². The van der Waals surface area contributed by atoms with Crippen LogP contribution in [0.4, 0.5) is 10.1 Å². The Morgan fingerprint density at radius 3 is 3.07 bits per heavy atom. The summed E-state index contributed by atoms with van der Waals surface area (Å²) < 4.78 is 12.7. The van der Waals surface area contributed by atoms with Crippen molar-refractivity contribution >= 4 is 5.69 Å². The van der Waals surface area contributed by atoms with E-state index < -0.39 is 0 Å². The lowest BCUT2D eigenvalue weighted by Crippen LogP contribution is -2.01. The summed E-state index contributed by atoms with van der Waals surface area (Å²) in [4.78, 5) is 0. The van der Waals surface area contributed by atoms with Gasteiger partial charge in [-0.25, -0.2) is 4.39 Å². The van der Waals surface area contributed by atoms with Gasteiger partial charge < -0.3 is 5.32 Å². The van der Waals surface area contributed by atoms with Crippen LogP contribution in [0.5, 0.6) is 0 Å². The molecule has 0 atom stereocenters. The van der Waals surface area contributed by atoms with Gasteiger partial charge in [-0.05, 0) is 18.2 Å². The molecule has 0 radical (unpaired) electrons. The van der Waals surface area contributed by atoms with Crippen molar-refractivity contribution in [3.05, 3.63) is 35.9 Å². The van der Waals surface area contributed by atoms with Crippen molar-refractivity contribution in [2.45, 2.75) is 6.54 Å². The number of benzene rings is 1. The monoisotopic (exact) mass is 193 g/mol. The lowest BCUT2D eigenvalue weighted by Gasteiger charge is -2.02. The van der Waals surface area contributed by atoms with Crippen LogP contribution in [-0.4, -0.2) is 20.6 Å². The number of rotatable bonds is 3. The molecular weight excluding hydrogens is 185 g/mol. The number of aromatic nitrogens is 4. The third-order valence-electron chi connectivity index (χ3n) is 1.66.